The van der Waals surface area contributed by atoms with E-state index >= 15 is 0 Å². The fourth-order valence-corrected chi connectivity index (χ4v) is 1.98. The van der Waals surface area contributed by atoms with Crippen molar-refractivity contribution in [1.82, 2.24) is 15.5 Å². The minimum atomic E-state index is -0.328. The van der Waals surface area contributed by atoms with Gasteiger partial charge >= 0.3 is 0 Å². The lowest BCUT2D eigenvalue weighted by atomic mass is 10.00. The highest BCUT2D eigenvalue weighted by Gasteiger charge is 2.17. The maximum atomic E-state index is 13.9. The molecule has 1 atom stereocenters. The van der Waals surface area contributed by atoms with Gasteiger partial charge in [-0.1, -0.05) is 24.6 Å². The van der Waals surface area contributed by atoms with Gasteiger partial charge in [0.05, 0.1) is 12.2 Å². The van der Waals surface area contributed by atoms with E-state index in [0.717, 1.165) is 12.1 Å². The van der Waals surface area contributed by atoms with E-state index in [1.807, 2.05) is 13.0 Å². The Morgan fingerprint density at radius 3 is 2.78 bits per heavy atom. The lowest BCUT2D eigenvalue weighted by Gasteiger charge is -2.19. The van der Waals surface area contributed by atoms with Crippen molar-refractivity contribution in [2.24, 2.45) is 0 Å². The van der Waals surface area contributed by atoms with Crippen LogP contribution >= 0.6 is 11.6 Å². The third-order valence-electron chi connectivity index (χ3n) is 2.62. The maximum absolute atomic E-state index is 13.9. The van der Waals surface area contributed by atoms with Gasteiger partial charge in [0.2, 0.25) is 0 Å². The van der Waals surface area contributed by atoms with E-state index in [4.69, 9.17) is 11.6 Å². The van der Waals surface area contributed by atoms with E-state index in [1.54, 1.807) is 24.5 Å². The summed E-state index contributed by atoms with van der Waals surface area (Å²) < 4.78 is 13.9. The van der Waals surface area contributed by atoms with Crippen LogP contribution in [0.3, 0.4) is 0 Å². The molecule has 0 saturated heterocycles. The number of nitrogens with one attached hydrogen (secondary N) is 1. The summed E-state index contributed by atoms with van der Waals surface area (Å²) in [5.41, 5.74) is 1.42. The summed E-state index contributed by atoms with van der Waals surface area (Å²) in [5, 5.41) is 11.2. The van der Waals surface area contributed by atoms with Crippen LogP contribution in [0.2, 0.25) is 5.02 Å². The maximum Gasteiger partial charge on any atom is 0.129 e. The van der Waals surface area contributed by atoms with E-state index in [0.29, 0.717) is 10.6 Å². The number of nitrogens with zero attached hydrogens (tertiary/aromatic N) is 2. The molecule has 0 radical (unpaired) electrons. The van der Waals surface area contributed by atoms with Gasteiger partial charge in [-0.25, -0.2) is 4.39 Å². The fraction of sp³-hybridized carbons (Fsp3) is 0.231. The Morgan fingerprint density at radius 2 is 2.17 bits per heavy atom. The zero-order chi connectivity index (χ0) is 13.0. The highest BCUT2D eigenvalue weighted by molar-refractivity contribution is 6.30. The van der Waals surface area contributed by atoms with Crippen LogP contribution in [0.4, 0.5) is 4.39 Å². The van der Waals surface area contributed by atoms with E-state index in [-0.39, 0.29) is 11.9 Å². The first-order chi connectivity index (χ1) is 8.72. The van der Waals surface area contributed by atoms with Gasteiger partial charge in [0.15, 0.2) is 0 Å². The zero-order valence-corrected chi connectivity index (χ0v) is 10.7. The second-order valence-electron chi connectivity index (χ2n) is 3.83. The van der Waals surface area contributed by atoms with Crippen molar-refractivity contribution in [3.05, 3.63) is 58.6 Å². The largest absolute Gasteiger partial charge is 0.306 e. The third-order valence-corrected chi connectivity index (χ3v) is 2.86. The molecule has 2 rings (SSSR count). The van der Waals surface area contributed by atoms with E-state index in [9.17, 15) is 4.39 Å². The molecule has 0 aliphatic carbocycles. The first-order valence-electron chi connectivity index (χ1n) is 5.67. The van der Waals surface area contributed by atoms with Gasteiger partial charge in [0.1, 0.15) is 5.82 Å². The van der Waals surface area contributed by atoms with Gasteiger partial charge in [-0.3, -0.25) is 0 Å². The average molecular weight is 266 g/mol. The summed E-state index contributed by atoms with van der Waals surface area (Å²) in [6.07, 6.45) is 3.22. The van der Waals surface area contributed by atoms with Crippen LogP contribution < -0.4 is 5.32 Å². The lowest BCUT2D eigenvalue weighted by molar-refractivity contribution is 0.557. The van der Waals surface area contributed by atoms with Crippen LogP contribution in [0.15, 0.2) is 36.7 Å². The molecule has 0 fully saturated rings. The normalized spacial score (nSPS) is 12.4. The molecule has 0 saturated carbocycles. The second-order valence-corrected chi connectivity index (χ2v) is 4.27. The first kappa shape index (κ1) is 12.9. The molecule has 18 heavy (non-hydrogen) atoms. The monoisotopic (exact) mass is 265 g/mol. The number of rotatable bonds is 4. The van der Waals surface area contributed by atoms with Crippen LogP contribution in [-0.4, -0.2) is 16.7 Å². The molecule has 1 heterocycles. The van der Waals surface area contributed by atoms with Crippen molar-refractivity contribution < 1.29 is 4.39 Å². The molecule has 94 valence electrons. The van der Waals surface area contributed by atoms with Crippen molar-refractivity contribution in [2.45, 2.75) is 13.0 Å². The smallest absolute Gasteiger partial charge is 0.129 e. The Balaban J connectivity index is 2.41. The first-order valence-corrected chi connectivity index (χ1v) is 6.05. The quantitative estimate of drug-likeness (QED) is 0.924. The lowest BCUT2D eigenvalue weighted by Crippen LogP contribution is -2.23. The van der Waals surface area contributed by atoms with Crippen molar-refractivity contribution in [1.29, 1.82) is 0 Å². The summed E-state index contributed by atoms with van der Waals surface area (Å²) in [4.78, 5) is 0. The minimum absolute atomic E-state index is 0.247. The molecule has 5 heteroatoms. The standard InChI is InChI=1S/C13H13ClFN3/c1-2-16-13(9-5-6-17-18-8-9)11-4-3-10(14)7-12(11)15/h3-8,13,16H,2H2,1H3. The van der Waals surface area contributed by atoms with Crippen molar-refractivity contribution in [3.8, 4) is 0 Å². The van der Waals surface area contributed by atoms with Crippen molar-refractivity contribution >= 4 is 11.6 Å². The second kappa shape index (κ2) is 5.89. The van der Waals surface area contributed by atoms with Crippen LogP contribution in [0, 0.1) is 5.82 Å². The molecular weight excluding hydrogens is 253 g/mol. The fourth-order valence-electron chi connectivity index (χ4n) is 1.82. The summed E-state index contributed by atoms with van der Waals surface area (Å²) in [6, 6.07) is 6.25. The molecular formula is C13H13ClFN3. The molecule has 0 amide bonds. The van der Waals surface area contributed by atoms with Gasteiger partial charge in [-0.05, 0) is 30.3 Å². The average Bonchev–Trinajstić information content (AvgIpc) is 2.38. The van der Waals surface area contributed by atoms with Gasteiger partial charge in [-0.2, -0.15) is 10.2 Å². The topological polar surface area (TPSA) is 37.8 Å². The van der Waals surface area contributed by atoms with E-state index < -0.39 is 0 Å². The number of aromatic nitrogens is 2. The molecule has 2 aromatic rings. The Hall–Kier alpha value is -1.52. The molecule has 1 unspecified atom stereocenters. The molecule has 3 nitrogen and oxygen atoms in total. The Kier molecular flexibility index (Phi) is 4.23. The van der Waals surface area contributed by atoms with E-state index in [2.05, 4.69) is 15.5 Å². The minimum Gasteiger partial charge on any atom is -0.306 e. The molecule has 0 aliphatic rings. The summed E-state index contributed by atoms with van der Waals surface area (Å²) in [6.45, 7) is 2.69. The third kappa shape index (κ3) is 2.83. The number of hydrogen-bond acceptors (Lipinski definition) is 3. The van der Waals surface area contributed by atoms with E-state index in [1.165, 1.54) is 6.07 Å². The van der Waals surface area contributed by atoms with Crippen molar-refractivity contribution in [3.63, 3.8) is 0 Å². The van der Waals surface area contributed by atoms with Crippen molar-refractivity contribution in [2.75, 3.05) is 6.54 Å². The molecule has 1 aromatic heterocycles. The Bertz CT molecular complexity index is 519. The van der Waals surface area contributed by atoms with Crippen LogP contribution in [-0.2, 0) is 0 Å². The van der Waals surface area contributed by atoms with Crippen LogP contribution in [0.25, 0.3) is 0 Å². The van der Waals surface area contributed by atoms with Gasteiger partial charge in [-0.15, -0.1) is 0 Å². The predicted octanol–water partition coefficient (Wildman–Crippen LogP) is 2.97. The van der Waals surface area contributed by atoms with Crippen LogP contribution in [0.1, 0.15) is 24.1 Å². The number of benzene rings is 1. The molecule has 1 N–H and O–H groups in total. The molecule has 0 bridgehead atoms. The number of hydrogen-bond donors (Lipinski definition) is 1. The zero-order valence-electron chi connectivity index (χ0n) is 9.90. The molecule has 0 spiro atoms. The Labute approximate surface area is 110 Å². The Morgan fingerprint density at radius 1 is 1.33 bits per heavy atom. The van der Waals surface area contributed by atoms with Gasteiger partial charge < -0.3 is 5.32 Å². The highest BCUT2D eigenvalue weighted by atomic mass is 35.5. The highest BCUT2D eigenvalue weighted by Crippen LogP contribution is 2.25. The SMILES string of the molecule is CCNC(c1ccnnc1)c1ccc(Cl)cc1F. The predicted molar refractivity (Wildman–Crippen MR) is 69.0 cm³/mol. The molecule has 0 aliphatic heterocycles. The summed E-state index contributed by atoms with van der Waals surface area (Å²) in [5.74, 6) is -0.328. The summed E-state index contributed by atoms with van der Waals surface area (Å²) in [7, 11) is 0. The number of halogens is 2. The summed E-state index contributed by atoms with van der Waals surface area (Å²) >= 11 is 5.76. The van der Waals surface area contributed by atoms with Gasteiger partial charge in [0.25, 0.3) is 0 Å². The van der Waals surface area contributed by atoms with Gasteiger partial charge in [0, 0.05) is 16.8 Å². The molecule has 1 aromatic carbocycles. The van der Waals surface area contributed by atoms with Crippen LogP contribution in [0.5, 0.6) is 0 Å².